The molecule has 0 radical (unpaired) electrons. The van der Waals surface area contributed by atoms with Crippen LogP contribution in [0.2, 0.25) is 0 Å². The quantitative estimate of drug-likeness (QED) is 0.446. The van der Waals surface area contributed by atoms with Crippen LogP contribution in [-0.4, -0.2) is 65.1 Å². The Morgan fingerprint density at radius 1 is 1.12 bits per heavy atom. The van der Waals surface area contributed by atoms with Gasteiger partial charge in [-0.15, -0.1) is 0 Å². The Morgan fingerprint density at radius 2 is 1.88 bits per heavy atom. The van der Waals surface area contributed by atoms with Gasteiger partial charge in [0, 0.05) is 37.7 Å². The molecular formula is C28H31F2N7O3. The number of aromatic nitrogens is 2. The van der Waals surface area contributed by atoms with Crippen LogP contribution in [0.25, 0.3) is 10.9 Å². The van der Waals surface area contributed by atoms with E-state index in [0.29, 0.717) is 32.0 Å². The van der Waals surface area contributed by atoms with Gasteiger partial charge in [0.15, 0.2) is 17.9 Å². The normalized spacial score (nSPS) is 23.6. The maximum Gasteiger partial charge on any atom is 0.276 e. The van der Waals surface area contributed by atoms with Crippen LogP contribution in [0.4, 0.5) is 25.8 Å². The van der Waals surface area contributed by atoms with Crippen LogP contribution in [0.15, 0.2) is 53.8 Å². The monoisotopic (exact) mass is 551 g/mol. The molecule has 1 unspecified atom stereocenters. The third-order valence-corrected chi connectivity index (χ3v) is 7.82. The van der Waals surface area contributed by atoms with Gasteiger partial charge in [-0.3, -0.25) is 9.48 Å². The molecule has 6 rings (SSSR count). The number of nitrogens with two attached hydrogens (primary N) is 1. The minimum Gasteiger partial charge on any atom is -0.381 e. The van der Waals surface area contributed by atoms with Gasteiger partial charge in [-0.05, 0) is 55.2 Å². The minimum atomic E-state index is -1.45. The van der Waals surface area contributed by atoms with Crippen molar-refractivity contribution in [2.24, 2.45) is 16.8 Å². The number of nitrogens with zero attached hydrogens (tertiary/aromatic N) is 5. The van der Waals surface area contributed by atoms with Crippen molar-refractivity contribution in [3.63, 3.8) is 0 Å². The zero-order valence-electron chi connectivity index (χ0n) is 22.0. The summed E-state index contributed by atoms with van der Waals surface area (Å²) >= 11 is 0. The minimum absolute atomic E-state index is 0.0271. The summed E-state index contributed by atoms with van der Waals surface area (Å²) in [5.74, 6) is -2.17. The Labute approximate surface area is 229 Å². The van der Waals surface area contributed by atoms with Gasteiger partial charge >= 0.3 is 0 Å². The maximum absolute atomic E-state index is 14.4. The second-order valence-electron chi connectivity index (χ2n) is 10.5. The highest BCUT2D eigenvalue weighted by Gasteiger charge is 2.32. The molecule has 3 atom stereocenters. The van der Waals surface area contributed by atoms with Crippen LogP contribution in [0.1, 0.15) is 25.8 Å². The summed E-state index contributed by atoms with van der Waals surface area (Å²) in [7, 11) is 0. The number of carbonyl (C=O) groups excluding carboxylic acids is 1. The molecule has 10 nitrogen and oxygen atoms in total. The Morgan fingerprint density at radius 3 is 2.58 bits per heavy atom. The highest BCUT2D eigenvalue weighted by Crippen LogP contribution is 2.39. The summed E-state index contributed by atoms with van der Waals surface area (Å²) in [5.41, 5.74) is 7.99. The number of benzene rings is 2. The Bertz CT molecular complexity index is 1470. The van der Waals surface area contributed by atoms with Crippen LogP contribution in [0, 0.1) is 17.6 Å². The van der Waals surface area contributed by atoms with Crippen LogP contribution >= 0.6 is 0 Å². The number of halogens is 2. The summed E-state index contributed by atoms with van der Waals surface area (Å²) in [6, 6.07) is 7.28. The fourth-order valence-electron chi connectivity index (χ4n) is 5.61. The van der Waals surface area contributed by atoms with Crippen molar-refractivity contribution in [1.29, 1.82) is 0 Å². The van der Waals surface area contributed by atoms with Crippen LogP contribution in [-0.2, 0) is 9.53 Å². The van der Waals surface area contributed by atoms with E-state index in [4.69, 9.17) is 15.6 Å². The first-order valence-corrected chi connectivity index (χ1v) is 13.4. The molecule has 4 heterocycles. The summed E-state index contributed by atoms with van der Waals surface area (Å²) < 4.78 is 36.4. The first-order chi connectivity index (χ1) is 19.3. The SMILES string of the molecule is C[C@H]1CN(c2c(NC(=O)C3=NN(c4c(F)cccc4F)C(O)C=C3)ccc3c2cnn3C2CCOCC2)C[C@@H]1N. The number of carbonyl (C=O) groups is 1. The predicted molar refractivity (Wildman–Crippen MR) is 148 cm³/mol. The van der Waals surface area contributed by atoms with E-state index in [1.807, 2.05) is 23.0 Å². The molecule has 0 spiro atoms. The Hall–Kier alpha value is -3.87. The molecule has 2 fully saturated rings. The summed E-state index contributed by atoms with van der Waals surface area (Å²) in [6.07, 6.45) is 4.68. The van der Waals surface area contributed by atoms with E-state index in [1.54, 1.807) is 0 Å². The maximum atomic E-state index is 14.4. The van der Waals surface area contributed by atoms with E-state index >= 15 is 0 Å². The molecule has 3 aliphatic heterocycles. The fraction of sp³-hybridized carbons (Fsp3) is 0.393. The summed E-state index contributed by atoms with van der Waals surface area (Å²) in [6.45, 7) is 4.78. The molecule has 1 aromatic heterocycles. The number of aliphatic hydroxyl groups excluding tert-OH is 1. The number of anilines is 3. The van der Waals surface area contributed by atoms with E-state index in [-0.39, 0.29) is 23.7 Å². The Balaban J connectivity index is 1.36. The predicted octanol–water partition coefficient (Wildman–Crippen LogP) is 3.14. The van der Waals surface area contributed by atoms with Crippen LogP contribution in [0.3, 0.4) is 0 Å². The van der Waals surface area contributed by atoms with Gasteiger partial charge < -0.3 is 25.8 Å². The lowest BCUT2D eigenvalue weighted by molar-refractivity contribution is -0.110. The van der Waals surface area contributed by atoms with Gasteiger partial charge in [0.2, 0.25) is 0 Å². The van der Waals surface area contributed by atoms with Crippen molar-refractivity contribution in [1.82, 2.24) is 9.78 Å². The molecule has 0 aliphatic carbocycles. The highest BCUT2D eigenvalue weighted by molar-refractivity contribution is 6.47. The second kappa shape index (κ2) is 10.6. The highest BCUT2D eigenvalue weighted by atomic mass is 19.1. The zero-order valence-corrected chi connectivity index (χ0v) is 22.0. The standard InChI is InChI=1S/C28H31F2N7O3/c1-16-14-35(15-21(16)31)26-18-13-32-36(17-9-11-40-12-10-17)24(18)7-5-22(26)33-28(39)23-6-8-25(38)37(34-23)27-19(29)3-2-4-20(27)30/h2-8,13,16-17,21,25,38H,9-12,14-15,31H2,1H3,(H,33,39)/t16-,21-,25?/m0/s1. The number of ether oxygens (including phenoxy) is 1. The molecule has 0 saturated carbocycles. The third-order valence-electron chi connectivity index (χ3n) is 7.82. The number of hydrazone groups is 1. The number of hydrogen-bond donors (Lipinski definition) is 3. The van der Waals surface area contributed by atoms with Crippen molar-refractivity contribution in [2.75, 3.05) is 41.5 Å². The molecular weight excluding hydrogens is 520 g/mol. The van der Waals surface area contributed by atoms with Crippen molar-refractivity contribution >= 4 is 39.6 Å². The van der Waals surface area contributed by atoms with Gasteiger partial charge in [0.05, 0.1) is 29.1 Å². The van der Waals surface area contributed by atoms with Gasteiger partial charge in [0.1, 0.15) is 11.4 Å². The van der Waals surface area contributed by atoms with E-state index in [1.165, 1.54) is 18.2 Å². The summed E-state index contributed by atoms with van der Waals surface area (Å²) in [4.78, 5) is 15.6. The number of para-hydroxylation sites is 1. The van der Waals surface area contributed by atoms with Crippen LogP contribution in [0.5, 0.6) is 0 Å². The average Bonchev–Trinajstić information content (AvgIpc) is 3.52. The zero-order chi connectivity index (χ0) is 28.0. The number of rotatable bonds is 5. The molecule has 1 amide bonds. The third kappa shape index (κ3) is 4.72. The van der Waals surface area contributed by atoms with E-state index in [0.717, 1.165) is 46.6 Å². The topological polar surface area (TPSA) is 121 Å². The number of aliphatic hydroxyl groups is 1. The van der Waals surface area contributed by atoms with Crippen molar-refractivity contribution in [3.8, 4) is 0 Å². The lowest BCUT2D eigenvalue weighted by atomic mass is 10.1. The molecule has 3 aromatic rings. The van der Waals surface area contributed by atoms with Gasteiger partial charge in [-0.2, -0.15) is 10.2 Å². The molecule has 2 aromatic carbocycles. The van der Waals surface area contributed by atoms with E-state index in [9.17, 15) is 18.7 Å². The van der Waals surface area contributed by atoms with Gasteiger partial charge in [0.25, 0.3) is 5.91 Å². The molecule has 40 heavy (non-hydrogen) atoms. The number of fused-ring (bicyclic) bond motifs is 1. The number of hydrogen-bond acceptors (Lipinski definition) is 8. The molecule has 4 N–H and O–H groups in total. The molecule has 0 bridgehead atoms. The smallest absolute Gasteiger partial charge is 0.276 e. The van der Waals surface area contributed by atoms with Gasteiger partial charge in [-0.1, -0.05) is 13.0 Å². The first kappa shape index (κ1) is 26.4. The lowest BCUT2D eigenvalue weighted by Crippen LogP contribution is -2.37. The average molecular weight is 552 g/mol. The Kier molecular flexibility index (Phi) is 6.99. The van der Waals surface area contributed by atoms with Crippen molar-refractivity contribution in [2.45, 2.75) is 38.1 Å². The lowest BCUT2D eigenvalue weighted by Gasteiger charge is -2.27. The molecule has 12 heteroatoms. The first-order valence-electron chi connectivity index (χ1n) is 13.4. The van der Waals surface area contributed by atoms with Crippen LogP contribution < -0.4 is 21.0 Å². The van der Waals surface area contributed by atoms with Crippen molar-refractivity contribution < 1.29 is 23.4 Å². The van der Waals surface area contributed by atoms with E-state index < -0.39 is 29.5 Å². The largest absolute Gasteiger partial charge is 0.381 e. The molecule has 2 saturated heterocycles. The van der Waals surface area contributed by atoms with E-state index in [2.05, 4.69) is 22.2 Å². The molecule has 210 valence electrons. The number of amides is 1. The molecule has 3 aliphatic rings. The van der Waals surface area contributed by atoms with Crippen molar-refractivity contribution in [3.05, 3.63) is 60.3 Å². The second-order valence-corrected chi connectivity index (χ2v) is 10.5. The summed E-state index contributed by atoms with van der Waals surface area (Å²) in [5, 5.41) is 23.7. The number of nitrogens with one attached hydrogen (secondary N) is 1. The fourth-order valence-corrected chi connectivity index (χ4v) is 5.61. The van der Waals surface area contributed by atoms with Gasteiger partial charge in [-0.25, -0.2) is 13.8 Å².